The van der Waals surface area contributed by atoms with E-state index in [1.165, 1.54) is 51.6 Å². The number of likely N-dealkylation sites (tertiary alicyclic amines) is 2. The van der Waals surface area contributed by atoms with E-state index in [0.717, 1.165) is 105 Å². The summed E-state index contributed by atoms with van der Waals surface area (Å²) in [5.74, 6) is 1.26. The number of rotatable bonds is 15. The van der Waals surface area contributed by atoms with Gasteiger partial charge in [0.1, 0.15) is 17.7 Å². The first-order valence-electron chi connectivity index (χ1n) is 29.3. The number of morpholine rings is 1. The van der Waals surface area contributed by atoms with Crippen molar-refractivity contribution >= 4 is 40.5 Å². The van der Waals surface area contributed by atoms with Gasteiger partial charge in [-0.1, -0.05) is 55.4 Å². The van der Waals surface area contributed by atoms with Crippen LogP contribution < -0.4 is 20.9 Å². The number of aryl methyl sites for hydroxylation is 1. The number of carbonyl (C=O) groups excluding carboxylic acids is 2. The summed E-state index contributed by atoms with van der Waals surface area (Å²) in [4.78, 5) is 48.2. The summed E-state index contributed by atoms with van der Waals surface area (Å²) < 4.78 is 12.5. The molecule has 9 heterocycles. The second-order valence-corrected chi connectivity index (χ2v) is 25.5. The highest BCUT2D eigenvalue weighted by Gasteiger charge is 2.50. The minimum Gasteiger partial charge on any atom is -0.507 e. The fourth-order valence-corrected chi connectivity index (χ4v) is 15.4. The molecular weight excluding hydrogens is 1020 g/mol. The number of ether oxygens (including phenoxy) is 1. The molecule has 12 rings (SSSR count). The number of piperazine rings is 1. The van der Waals surface area contributed by atoms with Crippen molar-refractivity contribution in [1.29, 1.82) is 0 Å². The van der Waals surface area contributed by atoms with Gasteiger partial charge in [0.25, 0.3) is 0 Å². The van der Waals surface area contributed by atoms with Crippen LogP contribution in [0.3, 0.4) is 0 Å². The Morgan fingerprint density at radius 2 is 1.62 bits per heavy atom. The van der Waals surface area contributed by atoms with Crippen LogP contribution in [0, 0.1) is 24.2 Å². The Labute approximate surface area is 468 Å². The van der Waals surface area contributed by atoms with Crippen molar-refractivity contribution in [2.24, 2.45) is 17.3 Å². The van der Waals surface area contributed by atoms with Gasteiger partial charge in [-0.15, -0.1) is 21.5 Å². The molecule has 3 aromatic heterocycles. The summed E-state index contributed by atoms with van der Waals surface area (Å²) >= 11 is 1.61. The number of carbonyl (C=O) groups is 2. The summed E-state index contributed by atoms with van der Waals surface area (Å²) in [6, 6.07) is 19.7. The van der Waals surface area contributed by atoms with Gasteiger partial charge in [-0.3, -0.25) is 19.4 Å². The molecule has 7 atom stereocenters. The summed E-state index contributed by atoms with van der Waals surface area (Å²) in [7, 11) is 0. The third-order valence-electron chi connectivity index (χ3n) is 19.2. The topological polar surface area (TPSA) is 206 Å². The number of nitrogens with two attached hydrogens (primary N) is 1. The van der Waals surface area contributed by atoms with E-state index in [1.54, 1.807) is 22.3 Å². The molecule has 0 radical (unpaired) electrons. The zero-order valence-corrected chi connectivity index (χ0v) is 47.3. The molecule has 1 aliphatic carbocycles. The van der Waals surface area contributed by atoms with Crippen molar-refractivity contribution in [3.63, 3.8) is 0 Å². The van der Waals surface area contributed by atoms with Crippen molar-refractivity contribution in [3.8, 4) is 27.4 Å². The van der Waals surface area contributed by atoms with Gasteiger partial charge >= 0.3 is 0 Å². The standard InChI is InChI=1S/C60H80N12O6S/c1-37(2)55(59(76)72-33-46(73)25-51(72)58(75)63-38(3)41-9-11-42(12-10-41)56-39(4)62-36-79-56)53-27-54(66-78-53)68-19-15-40(16-20-68)30-67-21-17-60(18-22-67)28-45(29-60)69-23-24-77-47(34-69)35-71-43-13-14-44(71)32-70(31-43)50-26-49(64-65-57(50)61)48-7-5-6-8-52(48)74/h5-12,26-27,36-38,40,43-47,51,55,73-74H,13-25,28-35H2,1-4H3,(H2,61,65)(H,63,75)/t38-,43?,44?,46+,47+,51-,55+/m0/s1. The molecule has 2 amide bonds. The number of amides is 2. The number of hydrogen-bond acceptors (Lipinski definition) is 17. The van der Waals surface area contributed by atoms with E-state index in [0.29, 0.717) is 52.3 Å². The Hall–Kier alpha value is -5.70. The molecular formula is C60H80N12O6S. The SMILES string of the molecule is Cc1ncsc1-c1ccc([C@H](C)NC(=O)[C@@H]2C[C@@H](O)CN2C(=O)[C@@H](c2cc(N3CCC(CN4CCC5(CC4)CC(N4CCO[C@@H](CN6C7CCC6CN(c6cc(-c8ccccc8O)nnc6N)C7)C4)C5)CC3)no2)C(C)C)cc1. The number of thiazole rings is 1. The van der Waals surface area contributed by atoms with Gasteiger partial charge in [-0.2, -0.15) is 0 Å². The fourth-order valence-electron chi connectivity index (χ4n) is 14.6. The number of aromatic nitrogens is 4. The van der Waals surface area contributed by atoms with E-state index in [-0.39, 0.29) is 48.6 Å². The van der Waals surface area contributed by atoms with Gasteiger partial charge in [0.05, 0.1) is 52.3 Å². The second kappa shape index (κ2) is 22.7. The maximum absolute atomic E-state index is 14.4. The Bertz CT molecular complexity index is 2920. The number of aromatic hydroxyl groups is 1. The number of phenols is 1. The monoisotopic (exact) mass is 1100 g/mol. The summed E-state index contributed by atoms with van der Waals surface area (Å²) in [5.41, 5.74) is 14.0. The smallest absolute Gasteiger partial charge is 0.243 e. The molecule has 2 aromatic carbocycles. The predicted octanol–water partition coefficient (Wildman–Crippen LogP) is 6.95. The highest BCUT2D eigenvalue weighted by molar-refractivity contribution is 7.13. The van der Waals surface area contributed by atoms with Crippen molar-refractivity contribution in [1.82, 2.24) is 45.3 Å². The molecule has 5 N–H and O–H groups in total. The summed E-state index contributed by atoms with van der Waals surface area (Å²) in [5, 5.41) is 37.6. The average Bonchev–Trinajstić information content (AvgIpc) is 4.28. The number of nitrogens with zero attached hydrogens (tertiary/aromatic N) is 10. The second-order valence-electron chi connectivity index (χ2n) is 24.6. The van der Waals surface area contributed by atoms with Crippen LogP contribution in [0.2, 0.25) is 0 Å². The van der Waals surface area contributed by atoms with Crippen LogP contribution in [0.5, 0.6) is 5.75 Å². The lowest BCUT2D eigenvalue weighted by Gasteiger charge is -2.56. The maximum Gasteiger partial charge on any atom is 0.243 e. The number of hydrogen-bond donors (Lipinski definition) is 4. The molecule has 18 nitrogen and oxygen atoms in total. The number of anilines is 3. The molecule has 5 aromatic rings. The number of fused-ring (bicyclic) bond motifs is 2. The molecule has 19 heteroatoms. The molecule has 1 saturated carbocycles. The molecule has 7 fully saturated rings. The van der Waals surface area contributed by atoms with Crippen LogP contribution in [0.15, 0.2) is 70.7 Å². The van der Waals surface area contributed by atoms with Crippen LogP contribution in [-0.2, 0) is 14.3 Å². The molecule has 2 unspecified atom stereocenters. The van der Waals surface area contributed by atoms with Crippen molar-refractivity contribution < 1.29 is 29.1 Å². The number of aliphatic hydroxyl groups excluding tert-OH is 1. The van der Waals surface area contributed by atoms with E-state index in [2.05, 4.69) is 62.3 Å². The van der Waals surface area contributed by atoms with Gasteiger partial charge in [0.2, 0.25) is 11.8 Å². The minimum absolute atomic E-state index is 0.0949. The Morgan fingerprint density at radius 3 is 2.33 bits per heavy atom. The molecule has 422 valence electrons. The lowest BCUT2D eigenvalue weighted by Crippen LogP contribution is -2.61. The fraction of sp³-hybridized carbons (Fsp3) is 0.600. The normalized spacial score (nSPS) is 26.0. The third-order valence-corrected chi connectivity index (χ3v) is 20.1. The van der Waals surface area contributed by atoms with E-state index in [1.807, 2.05) is 75.7 Å². The zero-order chi connectivity index (χ0) is 54.5. The lowest BCUT2D eigenvalue weighted by molar-refractivity contribution is -0.141. The summed E-state index contributed by atoms with van der Waals surface area (Å²) in [6.07, 6.45) is 9.31. The van der Waals surface area contributed by atoms with E-state index in [9.17, 15) is 19.8 Å². The highest BCUT2D eigenvalue weighted by atomic mass is 32.1. The van der Waals surface area contributed by atoms with E-state index < -0.39 is 18.1 Å². The molecule has 6 aliphatic heterocycles. The largest absolute Gasteiger partial charge is 0.507 e. The quantitative estimate of drug-likeness (QED) is 0.0838. The molecule has 79 heavy (non-hydrogen) atoms. The molecule has 7 aliphatic rings. The predicted molar refractivity (Wildman–Crippen MR) is 306 cm³/mol. The molecule has 1 spiro atoms. The van der Waals surface area contributed by atoms with Crippen LogP contribution >= 0.6 is 11.3 Å². The van der Waals surface area contributed by atoms with Crippen LogP contribution in [-0.4, -0.2) is 177 Å². The van der Waals surface area contributed by atoms with E-state index >= 15 is 0 Å². The van der Waals surface area contributed by atoms with Gasteiger partial charge in [0, 0.05) is 95.1 Å². The van der Waals surface area contributed by atoms with Gasteiger partial charge in [0.15, 0.2) is 17.4 Å². The Balaban J connectivity index is 0.576. The first-order valence-corrected chi connectivity index (χ1v) is 30.1. The number of β-amino-alcohol motifs (C(OH)–C–C–N with tert-alkyl or cyclic N) is 1. The van der Waals surface area contributed by atoms with Crippen molar-refractivity contribution in [2.45, 2.75) is 134 Å². The van der Waals surface area contributed by atoms with Crippen LogP contribution in [0.25, 0.3) is 21.7 Å². The number of benzene rings is 2. The summed E-state index contributed by atoms with van der Waals surface area (Å²) in [6.45, 7) is 18.9. The first-order chi connectivity index (χ1) is 38.2. The highest BCUT2D eigenvalue weighted by Crippen LogP contribution is 2.51. The third kappa shape index (κ3) is 11.2. The van der Waals surface area contributed by atoms with Gasteiger partial charge < -0.3 is 50.1 Å². The first kappa shape index (κ1) is 53.9. The Kier molecular flexibility index (Phi) is 15.5. The Morgan fingerprint density at radius 1 is 0.873 bits per heavy atom. The van der Waals surface area contributed by atoms with Crippen molar-refractivity contribution in [3.05, 3.63) is 83.2 Å². The van der Waals surface area contributed by atoms with Gasteiger partial charge in [-0.05, 0) is 125 Å². The van der Waals surface area contributed by atoms with Crippen LogP contribution in [0.1, 0.15) is 108 Å². The van der Waals surface area contributed by atoms with Crippen LogP contribution in [0.4, 0.5) is 17.3 Å². The number of nitrogen functional groups attached to an aromatic ring is 1. The number of aliphatic hydroxyl groups is 1. The lowest BCUT2D eigenvalue weighted by atomic mass is 9.60. The molecule has 2 bridgehead atoms. The van der Waals surface area contributed by atoms with E-state index in [4.69, 9.17) is 15.0 Å². The van der Waals surface area contributed by atoms with Gasteiger partial charge in [-0.25, -0.2) is 4.98 Å². The number of phenolic OH excluding ortho intramolecular Hbond substituents is 1. The van der Waals surface area contributed by atoms with Crippen molar-refractivity contribution in [2.75, 3.05) is 94.1 Å². The number of para-hydroxylation sites is 1. The number of nitrogens with one attached hydrogen (secondary N) is 1. The number of piperidine rings is 2. The maximum atomic E-state index is 14.4. The zero-order valence-electron chi connectivity index (χ0n) is 46.5. The molecule has 6 saturated heterocycles. The minimum atomic E-state index is -0.794. The average molecular weight is 1100 g/mol.